The van der Waals surface area contributed by atoms with E-state index in [-0.39, 0.29) is 0 Å². The van der Waals surface area contributed by atoms with Gasteiger partial charge in [-0.2, -0.15) is 5.26 Å². The molecule has 1 aromatic carbocycles. The van der Waals surface area contributed by atoms with Crippen molar-refractivity contribution in [3.8, 4) is 6.07 Å². The van der Waals surface area contributed by atoms with Crippen LogP contribution >= 0.6 is 0 Å². The van der Waals surface area contributed by atoms with Crippen molar-refractivity contribution in [2.45, 2.75) is 13.8 Å². The lowest BCUT2D eigenvalue weighted by Crippen LogP contribution is -2.16. The van der Waals surface area contributed by atoms with Crippen LogP contribution in [0.4, 0.5) is 10.5 Å². The smallest absolute Gasteiger partial charge is 0.411 e. The van der Waals surface area contributed by atoms with E-state index in [0.717, 1.165) is 0 Å². The quantitative estimate of drug-likeness (QED) is 0.848. The summed E-state index contributed by atoms with van der Waals surface area (Å²) < 4.78 is 4.95. The number of nitrogens with zero attached hydrogens (tertiary/aromatic N) is 1. The van der Waals surface area contributed by atoms with E-state index in [1.807, 2.05) is 19.9 Å². The van der Waals surface area contributed by atoms with Crippen molar-refractivity contribution in [2.24, 2.45) is 5.92 Å². The Morgan fingerprint density at radius 1 is 1.44 bits per heavy atom. The van der Waals surface area contributed by atoms with Gasteiger partial charge in [0.25, 0.3) is 0 Å². The number of anilines is 1. The molecule has 0 aliphatic heterocycles. The second-order valence-corrected chi connectivity index (χ2v) is 3.81. The van der Waals surface area contributed by atoms with Crippen LogP contribution in [-0.4, -0.2) is 12.7 Å². The molecule has 1 rings (SSSR count). The summed E-state index contributed by atoms with van der Waals surface area (Å²) in [5, 5.41) is 11.2. The number of carbonyl (C=O) groups is 1. The summed E-state index contributed by atoms with van der Waals surface area (Å²) in [5.74, 6) is 0.312. The molecule has 0 spiro atoms. The van der Waals surface area contributed by atoms with Gasteiger partial charge in [-0.25, -0.2) is 4.79 Å². The summed E-state index contributed by atoms with van der Waals surface area (Å²) in [6, 6.07) is 8.60. The molecular weight excluding hydrogens is 204 g/mol. The number of amides is 1. The van der Waals surface area contributed by atoms with Gasteiger partial charge < -0.3 is 4.74 Å². The lowest BCUT2D eigenvalue weighted by atomic mass is 10.2. The molecule has 0 unspecified atom stereocenters. The van der Waals surface area contributed by atoms with E-state index in [1.54, 1.807) is 24.3 Å². The number of hydrogen-bond acceptors (Lipinski definition) is 3. The molecule has 4 nitrogen and oxygen atoms in total. The Labute approximate surface area is 94.8 Å². The van der Waals surface area contributed by atoms with Crippen molar-refractivity contribution < 1.29 is 9.53 Å². The van der Waals surface area contributed by atoms with Crippen LogP contribution < -0.4 is 5.32 Å². The molecule has 0 atom stereocenters. The molecule has 84 valence electrons. The predicted molar refractivity (Wildman–Crippen MR) is 61.0 cm³/mol. The molecule has 0 aromatic heterocycles. The van der Waals surface area contributed by atoms with Crippen LogP contribution in [0.15, 0.2) is 24.3 Å². The first-order valence-electron chi connectivity index (χ1n) is 5.05. The van der Waals surface area contributed by atoms with Gasteiger partial charge in [-0.15, -0.1) is 0 Å². The van der Waals surface area contributed by atoms with Gasteiger partial charge in [0.05, 0.1) is 18.2 Å². The van der Waals surface area contributed by atoms with Crippen LogP contribution in [0.2, 0.25) is 0 Å². The molecule has 0 heterocycles. The van der Waals surface area contributed by atoms with Gasteiger partial charge >= 0.3 is 6.09 Å². The predicted octanol–water partition coefficient (Wildman–Crippen LogP) is 2.76. The zero-order valence-corrected chi connectivity index (χ0v) is 9.36. The molecule has 16 heavy (non-hydrogen) atoms. The number of ether oxygens (including phenoxy) is 1. The average Bonchev–Trinajstić information content (AvgIpc) is 2.27. The lowest BCUT2D eigenvalue weighted by molar-refractivity contribution is 0.147. The Morgan fingerprint density at radius 2 is 2.06 bits per heavy atom. The number of hydrogen-bond donors (Lipinski definition) is 1. The number of carbonyl (C=O) groups excluding carboxylic acids is 1. The van der Waals surface area contributed by atoms with Gasteiger partial charge in [0.1, 0.15) is 0 Å². The number of benzene rings is 1. The standard InChI is InChI=1S/C12H14N2O2/c1-9(2)8-16-12(15)14-11-5-3-10(7-13)4-6-11/h3-6,9H,8H2,1-2H3,(H,14,15). The summed E-state index contributed by atoms with van der Waals surface area (Å²) in [6.45, 7) is 4.33. The fourth-order valence-corrected chi connectivity index (χ4v) is 1.02. The molecule has 1 aromatic rings. The topological polar surface area (TPSA) is 62.1 Å². The van der Waals surface area contributed by atoms with Crippen molar-refractivity contribution in [1.82, 2.24) is 0 Å². The van der Waals surface area contributed by atoms with Crippen LogP contribution in [0.5, 0.6) is 0 Å². The van der Waals surface area contributed by atoms with Crippen molar-refractivity contribution in [3.63, 3.8) is 0 Å². The minimum atomic E-state index is -0.474. The largest absolute Gasteiger partial charge is 0.449 e. The molecule has 0 aliphatic rings. The molecule has 0 radical (unpaired) electrons. The van der Waals surface area contributed by atoms with E-state index < -0.39 is 6.09 Å². The summed E-state index contributed by atoms with van der Waals surface area (Å²) >= 11 is 0. The van der Waals surface area contributed by atoms with E-state index in [4.69, 9.17) is 10.00 Å². The number of rotatable bonds is 3. The Hall–Kier alpha value is -2.02. The molecule has 0 saturated carbocycles. The third kappa shape index (κ3) is 4.01. The highest BCUT2D eigenvalue weighted by Gasteiger charge is 2.04. The maximum absolute atomic E-state index is 11.3. The Morgan fingerprint density at radius 3 is 2.56 bits per heavy atom. The second-order valence-electron chi connectivity index (χ2n) is 3.81. The zero-order chi connectivity index (χ0) is 12.0. The molecular formula is C12H14N2O2. The molecule has 0 fully saturated rings. The van der Waals surface area contributed by atoms with Crippen molar-refractivity contribution >= 4 is 11.8 Å². The van der Waals surface area contributed by atoms with Crippen LogP contribution in [0.25, 0.3) is 0 Å². The first-order chi connectivity index (χ1) is 7.61. The van der Waals surface area contributed by atoms with E-state index in [1.165, 1.54) is 0 Å². The van der Waals surface area contributed by atoms with Gasteiger partial charge in [-0.05, 0) is 30.2 Å². The molecule has 0 saturated heterocycles. The summed E-state index contributed by atoms with van der Waals surface area (Å²) in [4.78, 5) is 11.3. The lowest BCUT2D eigenvalue weighted by Gasteiger charge is -2.08. The monoisotopic (exact) mass is 218 g/mol. The SMILES string of the molecule is CC(C)COC(=O)Nc1ccc(C#N)cc1. The van der Waals surface area contributed by atoms with Gasteiger partial charge in [-0.1, -0.05) is 13.8 Å². The molecule has 4 heteroatoms. The number of nitriles is 1. The highest BCUT2D eigenvalue weighted by Crippen LogP contribution is 2.09. The Balaban J connectivity index is 2.47. The van der Waals surface area contributed by atoms with Gasteiger partial charge in [0.15, 0.2) is 0 Å². The minimum Gasteiger partial charge on any atom is -0.449 e. The first kappa shape index (κ1) is 12.1. The fraction of sp³-hybridized carbons (Fsp3) is 0.333. The molecule has 0 bridgehead atoms. The third-order valence-electron chi connectivity index (χ3n) is 1.81. The van der Waals surface area contributed by atoms with E-state index in [0.29, 0.717) is 23.8 Å². The average molecular weight is 218 g/mol. The maximum Gasteiger partial charge on any atom is 0.411 e. The highest BCUT2D eigenvalue weighted by molar-refractivity contribution is 5.84. The van der Waals surface area contributed by atoms with Gasteiger partial charge in [0, 0.05) is 5.69 Å². The molecule has 1 amide bonds. The fourth-order valence-electron chi connectivity index (χ4n) is 1.02. The van der Waals surface area contributed by atoms with Crippen LogP contribution in [-0.2, 0) is 4.74 Å². The first-order valence-corrected chi connectivity index (χ1v) is 5.05. The minimum absolute atomic E-state index is 0.312. The van der Waals surface area contributed by atoms with Gasteiger partial charge in [-0.3, -0.25) is 5.32 Å². The summed E-state index contributed by atoms with van der Waals surface area (Å²) in [7, 11) is 0. The highest BCUT2D eigenvalue weighted by atomic mass is 16.5. The van der Waals surface area contributed by atoms with Crippen molar-refractivity contribution in [3.05, 3.63) is 29.8 Å². The Kier molecular flexibility index (Phi) is 4.34. The van der Waals surface area contributed by atoms with Gasteiger partial charge in [0.2, 0.25) is 0 Å². The van der Waals surface area contributed by atoms with Crippen molar-refractivity contribution in [2.75, 3.05) is 11.9 Å². The Bertz CT molecular complexity index is 390. The third-order valence-corrected chi connectivity index (χ3v) is 1.81. The van der Waals surface area contributed by atoms with Crippen LogP contribution in [0, 0.1) is 17.2 Å². The van der Waals surface area contributed by atoms with Crippen molar-refractivity contribution in [1.29, 1.82) is 5.26 Å². The second kappa shape index (κ2) is 5.76. The maximum atomic E-state index is 11.3. The molecule has 0 aliphatic carbocycles. The van der Waals surface area contributed by atoms with E-state index in [9.17, 15) is 4.79 Å². The number of nitrogens with one attached hydrogen (secondary N) is 1. The normalized spacial score (nSPS) is 9.62. The summed E-state index contributed by atoms with van der Waals surface area (Å²) in [5.41, 5.74) is 1.17. The van der Waals surface area contributed by atoms with Crippen LogP contribution in [0.1, 0.15) is 19.4 Å². The summed E-state index contributed by atoms with van der Waals surface area (Å²) in [6.07, 6.45) is -0.474. The van der Waals surface area contributed by atoms with E-state index in [2.05, 4.69) is 5.32 Å². The zero-order valence-electron chi connectivity index (χ0n) is 9.36. The molecule has 1 N–H and O–H groups in total. The van der Waals surface area contributed by atoms with Crippen LogP contribution in [0.3, 0.4) is 0 Å². The van der Waals surface area contributed by atoms with E-state index >= 15 is 0 Å².